The van der Waals surface area contributed by atoms with E-state index in [1.54, 1.807) is 18.2 Å². The molecule has 3 aromatic rings. The number of aromatic nitrogens is 1. The maximum absolute atomic E-state index is 11.5. The third-order valence-electron chi connectivity index (χ3n) is 2.83. The van der Waals surface area contributed by atoms with E-state index in [2.05, 4.69) is 4.98 Å². The van der Waals surface area contributed by atoms with E-state index in [4.69, 9.17) is 5.14 Å². The molecule has 0 fully saturated rings. The highest BCUT2D eigenvalue weighted by atomic mass is 32.2. The molecule has 2 aromatic carbocycles. The second-order valence-corrected chi connectivity index (χ2v) is 5.58. The van der Waals surface area contributed by atoms with Gasteiger partial charge in [-0.15, -0.1) is 0 Å². The van der Waals surface area contributed by atoms with Crippen LogP contribution < -0.4 is 5.14 Å². The molecule has 4 nitrogen and oxygen atoms in total. The van der Waals surface area contributed by atoms with Gasteiger partial charge in [0, 0.05) is 10.8 Å². The summed E-state index contributed by atoms with van der Waals surface area (Å²) in [5, 5.41) is 6.66. The first-order chi connectivity index (χ1) is 8.55. The summed E-state index contributed by atoms with van der Waals surface area (Å²) in [6.45, 7) is 0. The number of nitrogens with zero attached hydrogens (tertiary/aromatic N) is 1. The summed E-state index contributed by atoms with van der Waals surface area (Å²) < 4.78 is 23.1. The molecular formula is C13H10N2O2S. The predicted octanol–water partition coefficient (Wildman–Crippen LogP) is 2.04. The summed E-state index contributed by atoms with van der Waals surface area (Å²) in [7, 11) is -3.74. The number of fused-ring (bicyclic) bond motifs is 2. The molecule has 0 radical (unpaired) electrons. The minimum atomic E-state index is -3.74. The number of nitrogens with two attached hydrogens (primary N) is 1. The van der Waals surface area contributed by atoms with Crippen molar-refractivity contribution in [2.45, 2.75) is 4.90 Å². The Hall–Kier alpha value is -1.98. The number of hydrogen-bond donors (Lipinski definition) is 1. The molecule has 0 aliphatic rings. The van der Waals surface area contributed by atoms with Crippen molar-refractivity contribution < 1.29 is 8.42 Å². The maximum atomic E-state index is 11.5. The fourth-order valence-corrected chi connectivity index (χ4v) is 2.76. The molecule has 0 aliphatic carbocycles. The third kappa shape index (κ3) is 1.73. The van der Waals surface area contributed by atoms with Crippen LogP contribution in [0.25, 0.3) is 21.8 Å². The minimum Gasteiger partial charge on any atom is -0.248 e. The van der Waals surface area contributed by atoms with Crippen LogP contribution in [-0.4, -0.2) is 13.4 Å². The van der Waals surface area contributed by atoms with Crippen molar-refractivity contribution in [1.82, 2.24) is 4.98 Å². The molecule has 0 unspecified atom stereocenters. The number of para-hydroxylation sites is 1. The molecule has 1 aromatic heterocycles. The van der Waals surface area contributed by atoms with E-state index in [0.29, 0.717) is 10.9 Å². The Morgan fingerprint density at radius 2 is 1.67 bits per heavy atom. The van der Waals surface area contributed by atoms with Gasteiger partial charge in [0.05, 0.1) is 15.9 Å². The molecule has 0 saturated carbocycles. The Kier molecular flexibility index (Phi) is 2.33. The number of rotatable bonds is 1. The van der Waals surface area contributed by atoms with Gasteiger partial charge < -0.3 is 0 Å². The number of hydrogen-bond acceptors (Lipinski definition) is 3. The molecule has 3 rings (SSSR count). The van der Waals surface area contributed by atoms with E-state index < -0.39 is 10.0 Å². The lowest BCUT2D eigenvalue weighted by Crippen LogP contribution is -2.12. The SMILES string of the molecule is NS(=O)(=O)c1cccc2nc3ccccc3cc12. The number of sulfonamides is 1. The van der Waals surface area contributed by atoms with Crippen LogP contribution in [0.2, 0.25) is 0 Å². The molecule has 1 heterocycles. The summed E-state index contributed by atoms with van der Waals surface area (Å²) >= 11 is 0. The van der Waals surface area contributed by atoms with Gasteiger partial charge in [-0.1, -0.05) is 24.3 Å². The normalized spacial score (nSPS) is 12.1. The van der Waals surface area contributed by atoms with Crippen molar-refractivity contribution >= 4 is 31.8 Å². The molecular weight excluding hydrogens is 248 g/mol. The molecule has 0 saturated heterocycles. The maximum Gasteiger partial charge on any atom is 0.238 e. The van der Waals surface area contributed by atoms with E-state index >= 15 is 0 Å². The molecule has 90 valence electrons. The summed E-state index contributed by atoms with van der Waals surface area (Å²) in [6.07, 6.45) is 0. The molecule has 2 N–H and O–H groups in total. The van der Waals surface area contributed by atoms with E-state index in [-0.39, 0.29) is 4.90 Å². The first-order valence-corrected chi connectivity index (χ1v) is 6.92. The quantitative estimate of drug-likeness (QED) is 0.679. The topological polar surface area (TPSA) is 73.1 Å². The highest BCUT2D eigenvalue weighted by Crippen LogP contribution is 2.24. The van der Waals surface area contributed by atoms with Crippen molar-refractivity contribution in [2.24, 2.45) is 5.14 Å². The highest BCUT2D eigenvalue weighted by Gasteiger charge is 2.13. The van der Waals surface area contributed by atoms with Crippen LogP contribution >= 0.6 is 0 Å². The van der Waals surface area contributed by atoms with E-state index in [9.17, 15) is 8.42 Å². The van der Waals surface area contributed by atoms with E-state index in [0.717, 1.165) is 10.9 Å². The summed E-state index contributed by atoms with van der Waals surface area (Å²) in [4.78, 5) is 4.54. The number of pyridine rings is 1. The third-order valence-corrected chi connectivity index (χ3v) is 3.80. The zero-order valence-corrected chi connectivity index (χ0v) is 10.2. The average molecular weight is 258 g/mol. The lowest BCUT2D eigenvalue weighted by molar-refractivity contribution is 0.598. The fourth-order valence-electron chi connectivity index (χ4n) is 2.02. The van der Waals surface area contributed by atoms with Gasteiger partial charge in [0.15, 0.2) is 0 Å². The molecule has 5 heteroatoms. The lowest BCUT2D eigenvalue weighted by Gasteiger charge is -2.05. The Bertz CT molecular complexity index is 857. The fraction of sp³-hybridized carbons (Fsp3) is 0. The summed E-state index contributed by atoms with van der Waals surface area (Å²) in [6, 6.07) is 14.3. The zero-order chi connectivity index (χ0) is 12.8. The second kappa shape index (κ2) is 3.76. The lowest BCUT2D eigenvalue weighted by atomic mass is 10.1. The summed E-state index contributed by atoms with van der Waals surface area (Å²) in [5.41, 5.74) is 1.46. The van der Waals surface area contributed by atoms with Crippen LogP contribution in [0.3, 0.4) is 0 Å². The van der Waals surface area contributed by atoms with E-state index in [1.165, 1.54) is 6.07 Å². The van der Waals surface area contributed by atoms with E-state index in [1.807, 2.05) is 24.3 Å². The Labute approximate surface area is 104 Å². The molecule has 0 atom stereocenters. The van der Waals surface area contributed by atoms with Crippen molar-refractivity contribution in [1.29, 1.82) is 0 Å². The summed E-state index contributed by atoms with van der Waals surface area (Å²) in [5.74, 6) is 0. The number of primary sulfonamides is 1. The van der Waals surface area contributed by atoms with Gasteiger partial charge >= 0.3 is 0 Å². The van der Waals surface area contributed by atoms with Crippen molar-refractivity contribution in [3.05, 3.63) is 48.5 Å². The Morgan fingerprint density at radius 3 is 2.44 bits per heavy atom. The van der Waals surface area contributed by atoms with Crippen LogP contribution in [0, 0.1) is 0 Å². The molecule has 18 heavy (non-hydrogen) atoms. The minimum absolute atomic E-state index is 0.109. The van der Waals surface area contributed by atoms with Crippen molar-refractivity contribution in [3.63, 3.8) is 0 Å². The first-order valence-electron chi connectivity index (χ1n) is 5.37. The molecule has 0 amide bonds. The van der Waals surface area contributed by atoms with Crippen molar-refractivity contribution in [3.8, 4) is 0 Å². The monoisotopic (exact) mass is 258 g/mol. The van der Waals surface area contributed by atoms with Crippen LogP contribution in [-0.2, 0) is 10.0 Å². The smallest absolute Gasteiger partial charge is 0.238 e. The molecule has 0 bridgehead atoms. The van der Waals surface area contributed by atoms with Crippen molar-refractivity contribution in [2.75, 3.05) is 0 Å². The predicted molar refractivity (Wildman–Crippen MR) is 70.6 cm³/mol. The zero-order valence-electron chi connectivity index (χ0n) is 9.37. The van der Waals surface area contributed by atoms with Crippen LogP contribution in [0.4, 0.5) is 0 Å². The Balaban J connectivity index is 2.51. The van der Waals surface area contributed by atoms with Gasteiger partial charge in [-0.3, -0.25) is 0 Å². The average Bonchev–Trinajstić information content (AvgIpc) is 2.34. The van der Waals surface area contributed by atoms with Crippen LogP contribution in [0.15, 0.2) is 53.4 Å². The van der Waals surface area contributed by atoms with Crippen LogP contribution in [0.5, 0.6) is 0 Å². The first kappa shape index (κ1) is 11.1. The van der Waals surface area contributed by atoms with Crippen LogP contribution in [0.1, 0.15) is 0 Å². The number of benzene rings is 2. The molecule has 0 spiro atoms. The standard InChI is InChI=1S/C13H10N2O2S/c14-18(16,17)13-7-3-6-12-10(13)8-9-4-1-2-5-11(9)15-12/h1-8H,(H2,14,16,17). The van der Waals surface area contributed by atoms with Gasteiger partial charge in [0.1, 0.15) is 0 Å². The highest BCUT2D eigenvalue weighted by molar-refractivity contribution is 7.89. The van der Waals surface area contributed by atoms with Gasteiger partial charge in [-0.2, -0.15) is 0 Å². The van der Waals surface area contributed by atoms with Gasteiger partial charge in [0.2, 0.25) is 10.0 Å². The Morgan fingerprint density at radius 1 is 0.944 bits per heavy atom. The second-order valence-electron chi connectivity index (χ2n) is 4.05. The largest absolute Gasteiger partial charge is 0.248 e. The van der Waals surface area contributed by atoms with Gasteiger partial charge in [0.25, 0.3) is 0 Å². The van der Waals surface area contributed by atoms with Gasteiger partial charge in [-0.25, -0.2) is 18.5 Å². The molecule has 0 aliphatic heterocycles. The van der Waals surface area contributed by atoms with Gasteiger partial charge in [-0.05, 0) is 24.3 Å².